The van der Waals surface area contributed by atoms with Crippen LogP contribution >= 0.6 is 0 Å². The van der Waals surface area contributed by atoms with Crippen molar-refractivity contribution in [3.63, 3.8) is 0 Å². The first-order chi connectivity index (χ1) is 11.7. The van der Waals surface area contributed by atoms with Gasteiger partial charge in [0.2, 0.25) is 0 Å². The standard InChI is InChI=1S/C20H40O3Si2/c1-24(2,13-11-16-5-8-18(21)9-6-16)23-25(3,4)14-12-17-7-10-19-20(15-17)22-19/h16-21H,5-15H2,1-4H3. The van der Waals surface area contributed by atoms with Gasteiger partial charge >= 0.3 is 0 Å². The Morgan fingerprint density at radius 1 is 0.800 bits per heavy atom. The van der Waals surface area contributed by atoms with Gasteiger partial charge in [-0.15, -0.1) is 0 Å². The number of aliphatic hydroxyl groups excluding tert-OH is 1. The molecule has 0 amide bonds. The second kappa shape index (κ2) is 8.13. The molecule has 1 aliphatic heterocycles. The molecule has 3 unspecified atom stereocenters. The lowest BCUT2D eigenvalue weighted by Crippen LogP contribution is -2.44. The Morgan fingerprint density at radius 2 is 1.36 bits per heavy atom. The Balaban J connectivity index is 1.37. The molecular weight excluding hydrogens is 344 g/mol. The zero-order valence-electron chi connectivity index (χ0n) is 16.9. The Labute approximate surface area is 157 Å². The van der Waals surface area contributed by atoms with Gasteiger partial charge in [0, 0.05) is 0 Å². The largest absolute Gasteiger partial charge is 0.455 e. The van der Waals surface area contributed by atoms with Gasteiger partial charge in [0.15, 0.2) is 16.6 Å². The Bertz CT molecular complexity index is 433. The van der Waals surface area contributed by atoms with Gasteiger partial charge in [0.1, 0.15) is 0 Å². The molecule has 0 bridgehead atoms. The maximum atomic E-state index is 9.68. The van der Waals surface area contributed by atoms with E-state index in [1.54, 1.807) is 0 Å². The summed E-state index contributed by atoms with van der Waals surface area (Å²) in [7, 11) is -3.11. The highest BCUT2D eigenvalue weighted by Gasteiger charge is 2.44. The van der Waals surface area contributed by atoms with Crippen molar-refractivity contribution in [2.45, 2.75) is 114 Å². The molecule has 3 rings (SSSR count). The maximum Gasteiger partial charge on any atom is 0.173 e. The average Bonchev–Trinajstić information content (AvgIpc) is 3.30. The SMILES string of the molecule is C[Si](C)(CCC1CCC(O)CC1)O[Si](C)(C)CCC1CCC2OC2C1. The Hall–Kier alpha value is 0.314. The van der Waals surface area contributed by atoms with E-state index >= 15 is 0 Å². The number of fused-ring (bicyclic) bond motifs is 1. The number of aliphatic hydroxyl groups is 1. The molecule has 0 spiro atoms. The number of epoxide rings is 1. The lowest BCUT2D eigenvalue weighted by molar-refractivity contribution is 0.107. The van der Waals surface area contributed by atoms with E-state index in [-0.39, 0.29) is 6.10 Å². The van der Waals surface area contributed by atoms with E-state index in [4.69, 9.17) is 8.85 Å². The van der Waals surface area contributed by atoms with Crippen molar-refractivity contribution in [3.8, 4) is 0 Å². The molecule has 1 saturated heterocycles. The molecule has 25 heavy (non-hydrogen) atoms. The number of rotatable bonds is 8. The third kappa shape index (κ3) is 6.45. The second-order valence-corrected chi connectivity index (χ2v) is 19.1. The van der Waals surface area contributed by atoms with Crippen LogP contribution in [0.1, 0.15) is 57.8 Å². The van der Waals surface area contributed by atoms with E-state index in [2.05, 4.69) is 26.2 Å². The first-order valence-corrected chi connectivity index (χ1v) is 17.0. The van der Waals surface area contributed by atoms with Crippen molar-refractivity contribution in [2.75, 3.05) is 0 Å². The van der Waals surface area contributed by atoms with Crippen molar-refractivity contribution in [1.82, 2.24) is 0 Å². The minimum absolute atomic E-state index is 0.0276. The third-order valence-corrected chi connectivity index (χ3v) is 14.2. The van der Waals surface area contributed by atoms with Gasteiger partial charge in [-0.05, 0) is 95.1 Å². The van der Waals surface area contributed by atoms with Crippen LogP contribution in [0.5, 0.6) is 0 Å². The topological polar surface area (TPSA) is 42.0 Å². The maximum absolute atomic E-state index is 9.68. The fourth-order valence-corrected chi connectivity index (χ4v) is 14.1. The summed E-state index contributed by atoms with van der Waals surface area (Å²) in [5.74, 6) is 1.72. The van der Waals surface area contributed by atoms with Crippen LogP contribution in [0.15, 0.2) is 0 Å². The van der Waals surface area contributed by atoms with Gasteiger partial charge in [0.25, 0.3) is 0 Å². The summed E-state index contributed by atoms with van der Waals surface area (Å²) in [6.07, 6.45) is 12.3. The van der Waals surface area contributed by atoms with Crippen molar-refractivity contribution >= 4 is 16.6 Å². The third-order valence-electron chi connectivity index (χ3n) is 6.79. The highest BCUT2D eigenvalue weighted by atomic mass is 28.4. The molecule has 0 aromatic heterocycles. The van der Waals surface area contributed by atoms with Crippen LogP contribution in [-0.4, -0.2) is 40.1 Å². The van der Waals surface area contributed by atoms with Crippen LogP contribution in [0.2, 0.25) is 38.3 Å². The fourth-order valence-electron chi connectivity index (χ4n) is 5.14. The molecule has 3 atom stereocenters. The molecule has 2 saturated carbocycles. The molecule has 3 fully saturated rings. The molecule has 146 valence electrons. The summed E-state index contributed by atoms with van der Waals surface area (Å²) in [5, 5.41) is 9.68. The van der Waals surface area contributed by atoms with Crippen molar-refractivity contribution < 1.29 is 14.0 Å². The quantitative estimate of drug-likeness (QED) is 0.455. The Morgan fingerprint density at radius 3 is 1.96 bits per heavy atom. The minimum atomic E-state index is -1.56. The van der Waals surface area contributed by atoms with Gasteiger partial charge < -0.3 is 14.0 Å². The highest BCUT2D eigenvalue weighted by molar-refractivity contribution is 6.84. The van der Waals surface area contributed by atoms with E-state index in [0.717, 1.165) is 24.7 Å². The Kier molecular flexibility index (Phi) is 6.52. The van der Waals surface area contributed by atoms with E-state index in [1.165, 1.54) is 57.0 Å². The minimum Gasteiger partial charge on any atom is -0.455 e. The summed E-state index contributed by atoms with van der Waals surface area (Å²) < 4.78 is 12.6. The van der Waals surface area contributed by atoms with Crippen LogP contribution in [-0.2, 0) is 8.85 Å². The van der Waals surface area contributed by atoms with Gasteiger partial charge in [-0.25, -0.2) is 0 Å². The molecular formula is C20H40O3Si2. The van der Waals surface area contributed by atoms with Crippen molar-refractivity contribution in [3.05, 3.63) is 0 Å². The summed E-state index contributed by atoms with van der Waals surface area (Å²) in [4.78, 5) is 0. The molecule has 0 aromatic rings. The summed E-state index contributed by atoms with van der Waals surface area (Å²) in [6.45, 7) is 9.75. The first-order valence-electron chi connectivity index (χ1n) is 10.8. The predicted molar refractivity (Wildman–Crippen MR) is 109 cm³/mol. The molecule has 0 aromatic carbocycles. The van der Waals surface area contributed by atoms with E-state index in [9.17, 15) is 5.11 Å². The molecule has 5 heteroatoms. The van der Waals surface area contributed by atoms with Gasteiger partial charge in [-0.1, -0.05) is 12.8 Å². The van der Waals surface area contributed by atoms with Crippen molar-refractivity contribution in [1.29, 1.82) is 0 Å². The van der Waals surface area contributed by atoms with Gasteiger partial charge in [0.05, 0.1) is 18.3 Å². The number of hydrogen-bond acceptors (Lipinski definition) is 3. The van der Waals surface area contributed by atoms with E-state index in [0.29, 0.717) is 12.2 Å². The second-order valence-electron chi connectivity index (χ2n) is 10.3. The molecule has 3 aliphatic rings. The molecule has 0 radical (unpaired) electrons. The fraction of sp³-hybridized carbons (Fsp3) is 1.00. The van der Waals surface area contributed by atoms with Crippen LogP contribution in [0.3, 0.4) is 0 Å². The summed E-state index contributed by atoms with van der Waals surface area (Å²) in [6, 6.07) is 2.62. The predicted octanol–water partition coefficient (Wildman–Crippen LogP) is 5.31. The average molecular weight is 385 g/mol. The van der Waals surface area contributed by atoms with Gasteiger partial charge in [-0.2, -0.15) is 0 Å². The zero-order chi connectivity index (χ0) is 18.1. The normalized spacial score (nSPS) is 36.1. The molecule has 3 nitrogen and oxygen atoms in total. The number of ether oxygens (including phenoxy) is 1. The lowest BCUT2D eigenvalue weighted by Gasteiger charge is -2.36. The van der Waals surface area contributed by atoms with E-state index < -0.39 is 16.6 Å². The van der Waals surface area contributed by atoms with Crippen LogP contribution in [0, 0.1) is 11.8 Å². The number of hydrogen-bond donors (Lipinski definition) is 1. The summed E-state index contributed by atoms with van der Waals surface area (Å²) >= 11 is 0. The highest BCUT2D eigenvalue weighted by Crippen LogP contribution is 2.42. The van der Waals surface area contributed by atoms with Gasteiger partial charge in [-0.3, -0.25) is 0 Å². The zero-order valence-corrected chi connectivity index (χ0v) is 18.9. The van der Waals surface area contributed by atoms with E-state index in [1.807, 2.05) is 0 Å². The molecule has 1 heterocycles. The first kappa shape index (κ1) is 20.1. The molecule has 1 N–H and O–H groups in total. The van der Waals surface area contributed by atoms with Crippen molar-refractivity contribution in [2.24, 2.45) is 11.8 Å². The van der Waals surface area contributed by atoms with Crippen LogP contribution < -0.4 is 0 Å². The lowest BCUT2D eigenvalue weighted by atomic mass is 9.86. The monoisotopic (exact) mass is 384 g/mol. The molecule has 2 aliphatic carbocycles. The van der Waals surface area contributed by atoms with Crippen LogP contribution in [0.4, 0.5) is 0 Å². The summed E-state index contributed by atoms with van der Waals surface area (Å²) in [5.41, 5.74) is 0. The smallest absolute Gasteiger partial charge is 0.173 e. The van der Waals surface area contributed by atoms with Crippen LogP contribution in [0.25, 0.3) is 0 Å².